The molecule has 0 aromatic carbocycles. The Morgan fingerprint density at radius 2 is 2.25 bits per heavy atom. The first-order valence-electron chi connectivity index (χ1n) is 8.79. The Morgan fingerprint density at radius 1 is 1.42 bits per heavy atom. The fourth-order valence-electron chi connectivity index (χ4n) is 3.58. The van der Waals surface area contributed by atoms with E-state index in [0.717, 1.165) is 31.6 Å². The maximum absolute atomic E-state index is 12.2. The Bertz CT molecular complexity index is 568. The van der Waals surface area contributed by atoms with Crippen molar-refractivity contribution in [3.63, 3.8) is 0 Å². The number of methoxy groups -OCH3 is 1. The van der Waals surface area contributed by atoms with E-state index in [4.69, 9.17) is 4.74 Å². The highest BCUT2D eigenvalue weighted by atomic mass is 16.5. The molecular formula is C18H26N4O2. The zero-order valence-electron chi connectivity index (χ0n) is 14.3. The average Bonchev–Trinajstić information content (AvgIpc) is 3.05. The molecule has 24 heavy (non-hydrogen) atoms. The van der Waals surface area contributed by atoms with Crippen LogP contribution in [0.5, 0.6) is 0 Å². The molecule has 0 unspecified atom stereocenters. The summed E-state index contributed by atoms with van der Waals surface area (Å²) in [7, 11) is 1.73. The van der Waals surface area contributed by atoms with Crippen LogP contribution in [0.25, 0.3) is 0 Å². The van der Waals surface area contributed by atoms with E-state index in [0.29, 0.717) is 6.54 Å². The number of hydrogen-bond donors (Lipinski definition) is 1. The van der Waals surface area contributed by atoms with Crippen molar-refractivity contribution in [1.29, 1.82) is 0 Å². The molecule has 1 N–H and O–H groups in total. The van der Waals surface area contributed by atoms with Gasteiger partial charge in [0.1, 0.15) is 12.1 Å². The summed E-state index contributed by atoms with van der Waals surface area (Å²) in [5.74, 6) is 0.907. The molecule has 0 bridgehead atoms. The zero-order chi connectivity index (χ0) is 16.8. The minimum absolute atomic E-state index is 0.0235. The summed E-state index contributed by atoms with van der Waals surface area (Å²) in [4.78, 5) is 22.7. The zero-order valence-corrected chi connectivity index (χ0v) is 14.3. The molecule has 1 aromatic heterocycles. The third-order valence-corrected chi connectivity index (χ3v) is 4.91. The first kappa shape index (κ1) is 16.9. The van der Waals surface area contributed by atoms with Gasteiger partial charge >= 0.3 is 0 Å². The summed E-state index contributed by atoms with van der Waals surface area (Å²) in [6.07, 6.45) is 12.0. The van der Waals surface area contributed by atoms with Crippen LogP contribution in [0, 0.1) is 0 Å². The molecule has 130 valence electrons. The number of aromatic nitrogens is 2. The minimum atomic E-state index is 0.0235. The molecule has 6 heteroatoms. The molecule has 1 aromatic rings. The van der Waals surface area contributed by atoms with E-state index >= 15 is 0 Å². The first-order valence-corrected chi connectivity index (χ1v) is 8.79. The van der Waals surface area contributed by atoms with E-state index in [1.54, 1.807) is 25.7 Å². The number of hydrogen-bond acceptors (Lipinski definition) is 5. The smallest absolute Gasteiger partial charge is 0.244 e. The molecule has 1 amide bonds. The van der Waals surface area contributed by atoms with Crippen LogP contribution in [0.2, 0.25) is 0 Å². The summed E-state index contributed by atoms with van der Waals surface area (Å²) in [6.45, 7) is 1.39. The number of carbonyl (C=O) groups is 1. The van der Waals surface area contributed by atoms with Crippen LogP contribution in [0.3, 0.4) is 0 Å². The molecule has 6 nitrogen and oxygen atoms in total. The number of carbonyl (C=O) groups excluding carboxylic acids is 1. The van der Waals surface area contributed by atoms with Crippen molar-refractivity contribution in [1.82, 2.24) is 15.3 Å². The Balaban J connectivity index is 1.58. The van der Waals surface area contributed by atoms with Gasteiger partial charge in [-0.15, -0.1) is 0 Å². The van der Waals surface area contributed by atoms with Gasteiger partial charge in [-0.3, -0.25) is 4.79 Å². The van der Waals surface area contributed by atoms with Crippen molar-refractivity contribution in [3.05, 3.63) is 30.2 Å². The number of allylic oxidation sites excluding steroid dienone is 1. The normalized spacial score (nSPS) is 24.0. The Morgan fingerprint density at radius 3 is 2.96 bits per heavy atom. The predicted octanol–water partition coefficient (Wildman–Crippen LogP) is 2.08. The van der Waals surface area contributed by atoms with Crippen molar-refractivity contribution in [2.45, 2.75) is 50.7 Å². The Kier molecular flexibility index (Phi) is 5.80. The molecule has 1 saturated carbocycles. The lowest BCUT2D eigenvalue weighted by molar-refractivity contribution is -0.116. The van der Waals surface area contributed by atoms with Crippen molar-refractivity contribution in [3.8, 4) is 0 Å². The van der Waals surface area contributed by atoms with Gasteiger partial charge in [0, 0.05) is 32.5 Å². The van der Waals surface area contributed by atoms with E-state index in [9.17, 15) is 4.79 Å². The van der Waals surface area contributed by atoms with Crippen LogP contribution in [0.1, 0.15) is 38.5 Å². The van der Waals surface area contributed by atoms with Crippen LogP contribution < -0.4 is 10.2 Å². The van der Waals surface area contributed by atoms with Crippen molar-refractivity contribution < 1.29 is 9.53 Å². The van der Waals surface area contributed by atoms with Gasteiger partial charge in [0.25, 0.3) is 0 Å². The lowest BCUT2D eigenvalue weighted by Crippen LogP contribution is -2.40. The quantitative estimate of drug-likeness (QED) is 0.837. The van der Waals surface area contributed by atoms with Gasteiger partial charge in [0.15, 0.2) is 0 Å². The molecular weight excluding hydrogens is 304 g/mol. The molecule has 3 rings (SSSR count). The predicted molar refractivity (Wildman–Crippen MR) is 92.8 cm³/mol. The van der Waals surface area contributed by atoms with Gasteiger partial charge in [-0.1, -0.05) is 12.0 Å². The first-order chi connectivity index (χ1) is 11.8. The van der Waals surface area contributed by atoms with E-state index in [1.165, 1.54) is 24.8 Å². The lowest BCUT2D eigenvalue weighted by atomic mass is 9.94. The van der Waals surface area contributed by atoms with Crippen LogP contribution in [0.4, 0.5) is 5.82 Å². The van der Waals surface area contributed by atoms with E-state index < -0.39 is 0 Å². The second-order valence-electron chi connectivity index (χ2n) is 6.58. The molecule has 0 spiro atoms. The highest BCUT2D eigenvalue weighted by Crippen LogP contribution is 2.25. The topological polar surface area (TPSA) is 67.3 Å². The minimum Gasteiger partial charge on any atom is -0.380 e. The molecule has 2 heterocycles. The second kappa shape index (κ2) is 8.24. The maximum atomic E-state index is 12.2. The molecule has 2 aliphatic rings. The number of nitrogens with zero attached hydrogens (tertiary/aromatic N) is 3. The van der Waals surface area contributed by atoms with Crippen LogP contribution in [-0.4, -0.2) is 48.2 Å². The van der Waals surface area contributed by atoms with Gasteiger partial charge < -0.3 is 15.0 Å². The van der Waals surface area contributed by atoms with Crippen LogP contribution in [0.15, 0.2) is 30.2 Å². The van der Waals surface area contributed by atoms with Crippen LogP contribution >= 0.6 is 0 Å². The lowest BCUT2D eigenvalue weighted by Gasteiger charge is -2.25. The van der Waals surface area contributed by atoms with Gasteiger partial charge in [0.2, 0.25) is 5.91 Å². The average molecular weight is 330 g/mol. The van der Waals surface area contributed by atoms with Gasteiger partial charge in [-0.2, -0.15) is 0 Å². The van der Waals surface area contributed by atoms with E-state index in [1.807, 2.05) is 6.07 Å². The summed E-state index contributed by atoms with van der Waals surface area (Å²) in [5.41, 5.74) is 1.28. The number of rotatable bonds is 5. The number of anilines is 1. The Labute approximate surface area is 143 Å². The number of amides is 1. The molecule has 1 saturated heterocycles. The van der Waals surface area contributed by atoms with Gasteiger partial charge in [-0.25, -0.2) is 9.97 Å². The summed E-state index contributed by atoms with van der Waals surface area (Å²) in [5, 5.41) is 3.06. The van der Waals surface area contributed by atoms with Gasteiger partial charge in [0.05, 0.1) is 12.1 Å². The fourth-order valence-corrected chi connectivity index (χ4v) is 3.58. The standard InChI is InChI=1S/C18H26N4O2/c1-24-16-10-15(22(12-16)17-7-8-19-13-21-17)11-20-18(23)9-14-5-3-2-4-6-14/h7-9,13,15-16H,2-6,10-12H2,1H3,(H,20,23)/t15-,16-/m1/s1. The van der Waals surface area contributed by atoms with Crippen LogP contribution in [-0.2, 0) is 9.53 Å². The summed E-state index contributed by atoms with van der Waals surface area (Å²) < 4.78 is 5.51. The molecule has 1 aliphatic carbocycles. The van der Waals surface area contributed by atoms with Crippen molar-refractivity contribution in [2.24, 2.45) is 0 Å². The second-order valence-corrected chi connectivity index (χ2v) is 6.58. The molecule has 2 atom stereocenters. The number of ether oxygens (including phenoxy) is 1. The van der Waals surface area contributed by atoms with E-state index in [-0.39, 0.29) is 18.1 Å². The Hall–Kier alpha value is -1.95. The highest BCUT2D eigenvalue weighted by Gasteiger charge is 2.33. The fraction of sp³-hybridized carbons (Fsp3) is 0.611. The largest absolute Gasteiger partial charge is 0.380 e. The maximum Gasteiger partial charge on any atom is 0.244 e. The van der Waals surface area contributed by atoms with Crippen molar-refractivity contribution >= 4 is 11.7 Å². The molecule has 1 aliphatic heterocycles. The monoisotopic (exact) mass is 330 g/mol. The van der Waals surface area contributed by atoms with Gasteiger partial charge in [-0.05, 0) is 38.2 Å². The molecule has 0 radical (unpaired) electrons. The third-order valence-electron chi connectivity index (χ3n) is 4.91. The summed E-state index contributed by atoms with van der Waals surface area (Å²) in [6, 6.07) is 2.09. The third kappa shape index (κ3) is 4.32. The highest BCUT2D eigenvalue weighted by molar-refractivity contribution is 5.88. The number of nitrogens with one attached hydrogen (secondary N) is 1. The van der Waals surface area contributed by atoms with Crippen molar-refractivity contribution in [2.75, 3.05) is 25.1 Å². The molecule has 2 fully saturated rings. The van der Waals surface area contributed by atoms with E-state index in [2.05, 4.69) is 20.2 Å². The SMILES string of the molecule is CO[C@@H]1C[C@H](CNC(=O)C=C2CCCCC2)N(c2ccncn2)C1. The summed E-state index contributed by atoms with van der Waals surface area (Å²) >= 11 is 0.